The summed E-state index contributed by atoms with van der Waals surface area (Å²) in [5.41, 5.74) is 0. The van der Waals surface area contributed by atoms with Crippen LogP contribution in [0.25, 0.3) is 0 Å². The van der Waals surface area contributed by atoms with Crippen LogP contribution >= 0.6 is 0 Å². The zero-order chi connectivity index (χ0) is 9.76. The van der Waals surface area contributed by atoms with E-state index in [-0.39, 0.29) is 6.04 Å². The minimum absolute atomic E-state index is 0.0715. The van der Waals surface area contributed by atoms with Crippen molar-refractivity contribution < 1.29 is 8.78 Å². The number of aromatic nitrogens is 4. The molecule has 0 saturated heterocycles. The number of anilines is 1. The van der Waals surface area contributed by atoms with Gasteiger partial charge in [0.2, 0.25) is 0 Å². The fourth-order valence-electron chi connectivity index (χ4n) is 2.34. The molecule has 0 spiro atoms. The third-order valence-corrected chi connectivity index (χ3v) is 3.12. The molecular formula is C7H9F2N5. The average molecular weight is 201 g/mol. The van der Waals surface area contributed by atoms with Crippen LogP contribution in [0.15, 0.2) is 0 Å². The van der Waals surface area contributed by atoms with Crippen LogP contribution in [-0.2, 0) is 0 Å². The molecule has 14 heavy (non-hydrogen) atoms. The first-order chi connectivity index (χ1) is 6.68. The third-order valence-electron chi connectivity index (χ3n) is 3.12. The van der Waals surface area contributed by atoms with Crippen molar-refractivity contribution in [2.24, 2.45) is 11.8 Å². The number of H-pyrrole nitrogens is 1. The van der Waals surface area contributed by atoms with Crippen molar-refractivity contribution in [3.05, 3.63) is 0 Å². The Morgan fingerprint density at radius 2 is 2.07 bits per heavy atom. The molecule has 2 saturated carbocycles. The van der Waals surface area contributed by atoms with E-state index in [0.717, 1.165) is 0 Å². The highest BCUT2D eigenvalue weighted by atomic mass is 19.3. The van der Waals surface area contributed by atoms with E-state index in [1.807, 2.05) is 0 Å². The summed E-state index contributed by atoms with van der Waals surface area (Å²) in [4.78, 5) is 0. The van der Waals surface area contributed by atoms with Crippen LogP contribution in [0.3, 0.4) is 0 Å². The van der Waals surface area contributed by atoms with Crippen molar-refractivity contribution in [1.29, 1.82) is 0 Å². The van der Waals surface area contributed by atoms with Gasteiger partial charge in [-0.3, -0.25) is 0 Å². The third kappa shape index (κ3) is 1.01. The molecule has 0 aromatic carbocycles. The summed E-state index contributed by atoms with van der Waals surface area (Å²) >= 11 is 0. The molecule has 2 aliphatic carbocycles. The SMILES string of the molecule is FC1(F)C2CC(Nc3nn[nH]n3)CC21. The lowest BCUT2D eigenvalue weighted by Gasteiger charge is -2.13. The van der Waals surface area contributed by atoms with Crippen molar-refractivity contribution in [1.82, 2.24) is 20.6 Å². The van der Waals surface area contributed by atoms with Gasteiger partial charge in [0.15, 0.2) is 0 Å². The van der Waals surface area contributed by atoms with Gasteiger partial charge in [-0.25, -0.2) is 8.78 Å². The molecule has 0 aliphatic heterocycles. The fourth-order valence-corrected chi connectivity index (χ4v) is 2.34. The highest BCUT2D eigenvalue weighted by Gasteiger charge is 2.71. The topological polar surface area (TPSA) is 66.5 Å². The zero-order valence-electron chi connectivity index (χ0n) is 7.24. The first-order valence-electron chi connectivity index (χ1n) is 4.55. The molecule has 2 aliphatic rings. The van der Waals surface area contributed by atoms with Gasteiger partial charge in [-0.1, -0.05) is 5.10 Å². The van der Waals surface area contributed by atoms with Crippen LogP contribution < -0.4 is 5.32 Å². The minimum Gasteiger partial charge on any atom is -0.349 e. The number of rotatable bonds is 2. The number of aromatic amines is 1. The molecule has 1 heterocycles. The standard InChI is InChI=1S/C7H9F2N5/c8-7(9)4-1-3(2-5(4)7)10-6-11-13-14-12-6/h3-5H,1-2H2,(H2,10,11,12,13,14). The van der Waals surface area contributed by atoms with Crippen LogP contribution in [0.5, 0.6) is 0 Å². The molecule has 5 nitrogen and oxygen atoms in total. The monoisotopic (exact) mass is 201 g/mol. The first kappa shape index (κ1) is 8.07. The highest BCUT2D eigenvalue weighted by Crippen LogP contribution is 2.64. The van der Waals surface area contributed by atoms with Gasteiger partial charge in [-0.05, 0) is 18.1 Å². The largest absolute Gasteiger partial charge is 0.349 e. The summed E-state index contributed by atoms with van der Waals surface area (Å²) in [5, 5.41) is 16.1. The maximum absolute atomic E-state index is 12.8. The second kappa shape index (κ2) is 2.40. The molecule has 76 valence electrons. The van der Waals surface area contributed by atoms with E-state index >= 15 is 0 Å². The Morgan fingerprint density at radius 3 is 2.64 bits per heavy atom. The van der Waals surface area contributed by atoms with E-state index in [9.17, 15) is 8.78 Å². The Morgan fingerprint density at radius 1 is 1.36 bits per heavy atom. The minimum atomic E-state index is -2.41. The van der Waals surface area contributed by atoms with Crippen molar-refractivity contribution >= 4 is 5.95 Å². The number of hydrogen-bond donors (Lipinski definition) is 2. The number of alkyl halides is 2. The number of nitrogens with one attached hydrogen (secondary N) is 2. The lowest BCUT2D eigenvalue weighted by Crippen LogP contribution is -2.21. The number of nitrogens with zero attached hydrogens (tertiary/aromatic N) is 3. The van der Waals surface area contributed by atoms with Gasteiger partial charge in [-0.15, -0.1) is 5.10 Å². The Bertz CT molecular complexity index is 324. The van der Waals surface area contributed by atoms with Gasteiger partial charge < -0.3 is 5.32 Å². The summed E-state index contributed by atoms with van der Waals surface area (Å²) in [6.45, 7) is 0. The molecule has 1 aromatic heterocycles. The fraction of sp³-hybridized carbons (Fsp3) is 0.857. The van der Waals surface area contributed by atoms with Gasteiger partial charge in [0.1, 0.15) is 0 Å². The van der Waals surface area contributed by atoms with E-state index in [4.69, 9.17) is 0 Å². The summed E-state index contributed by atoms with van der Waals surface area (Å²) in [6.07, 6.45) is 1.01. The maximum atomic E-state index is 12.8. The van der Waals surface area contributed by atoms with Gasteiger partial charge in [0.05, 0.1) is 0 Å². The summed E-state index contributed by atoms with van der Waals surface area (Å²) in [6, 6.07) is 0.0715. The Kier molecular flexibility index (Phi) is 1.38. The van der Waals surface area contributed by atoms with Gasteiger partial charge >= 0.3 is 0 Å². The molecule has 1 aromatic rings. The van der Waals surface area contributed by atoms with Crippen LogP contribution in [0.2, 0.25) is 0 Å². The molecule has 2 N–H and O–H groups in total. The Labute approximate surface area is 78.3 Å². The number of tetrazole rings is 1. The van der Waals surface area contributed by atoms with E-state index in [0.29, 0.717) is 18.8 Å². The van der Waals surface area contributed by atoms with Gasteiger partial charge in [0, 0.05) is 17.9 Å². The smallest absolute Gasteiger partial charge is 0.263 e. The second-order valence-electron chi connectivity index (χ2n) is 3.94. The van der Waals surface area contributed by atoms with Crippen molar-refractivity contribution in [3.63, 3.8) is 0 Å². The molecule has 0 bridgehead atoms. The van der Waals surface area contributed by atoms with Crippen molar-refractivity contribution in [2.75, 3.05) is 5.32 Å². The van der Waals surface area contributed by atoms with E-state index in [2.05, 4.69) is 25.9 Å². The molecule has 0 amide bonds. The van der Waals surface area contributed by atoms with Crippen LogP contribution in [0, 0.1) is 11.8 Å². The summed E-state index contributed by atoms with van der Waals surface area (Å²) in [5.74, 6) is -2.87. The Balaban J connectivity index is 1.60. The predicted molar refractivity (Wildman–Crippen MR) is 42.7 cm³/mol. The normalized spacial score (nSPS) is 38.0. The number of hydrogen-bond acceptors (Lipinski definition) is 4. The summed E-state index contributed by atoms with van der Waals surface area (Å²) in [7, 11) is 0. The van der Waals surface area contributed by atoms with E-state index in [1.165, 1.54) is 0 Å². The van der Waals surface area contributed by atoms with Crippen LogP contribution in [0.1, 0.15) is 12.8 Å². The van der Waals surface area contributed by atoms with Crippen LogP contribution in [-0.4, -0.2) is 32.6 Å². The maximum Gasteiger partial charge on any atom is 0.263 e. The number of fused-ring (bicyclic) bond motifs is 1. The molecule has 2 atom stereocenters. The quantitative estimate of drug-likeness (QED) is 0.737. The molecule has 3 rings (SSSR count). The molecule has 2 unspecified atom stereocenters. The average Bonchev–Trinajstić information content (AvgIpc) is 2.66. The van der Waals surface area contributed by atoms with E-state index in [1.54, 1.807) is 0 Å². The molecule has 0 radical (unpaired) electrons. The lowest BCUT2D eigenvalue weighted by molar-refractivity contribution is 0.0709. The van der Waals surface area contributed by atoms with Gasteiger partial charge in [-0.2, -0.15) is 5.21 Å². The Hall–Kier alpha value is -1.27. The highest BCUT2D eigenvalue weighted by molar-refractivity contribution is 5.26. The molecular weight excluding hydrogens is 192 g/mol. The zero-order valence-corrected chi connectivity index (χ0v) is 7.24. The van der Waals surface area contributed by atoms with Crippen molar-refractivity contribution in [2.45, 2.75) is 24.8 Å². The summed E-state index contributed by atoms with van der Waals surface area (Å²) < 4.78 is 25.6. The van der Waals surface area contributed by atoms with Gasteiger partial charge in [0.25, 0.3) is 11.9 Å². The first-order valence-corrected chi connectivity index (χ1v) is 4.55. The lowest BCUT2D eigenvalue weighted by atomic mass is 10.1. The molecule has 7 heteroatoms. The predicted octanol–water partition coefficient (Wildman–Crippen LogP) is 0.655. The molecule has 2 fully saturated rings. The second-order valence-corrected chi connectivity index (χ2v) is 3.94. The van der Waals surface area contributed by atoms with E-state index < -0.39 is 17.8 Å². The number of halogens is 2. The van der Waals surface area contributed by atoms with Crippen molar-refractivity contribution in [3.8, 4) is 0 Å². The van der Waals surface area contributed by atoms with Crippen LogP contribution in [0.4, 0.5) is 14.7 Å².